The van der Waals surface area contributed by atoms with Gasteiger partial charge in [-0.15, -0.1) is 0 Å². The molecule has 0 aromatic heterocycles. The Balaban J connectivity index is 4.13. The molecule has 0 rings (SSSR count). The minimum atomic E-state index is -0.851. The SMILES string of the molecule is C=CC(=O)NC(NC(=O)C=C)OCC. The smallest absolute Gasteiger partial charge is 0.246 e. The largest absolute Gasteiger partial charge is 0.341 e. The van der Waals surface area contributed by atoms with Crippen molar-refractivity contribution < 1.29 is 14.3 Å². The highest BCUT2D eigenvalue weighted by Crippen LogP contribution is 1.84. The zero-order valence-electron chi connectivity index (χ0n) is 8.08. The molecular weight excluding hydrogens is 184 g/mol. The first-order valence-corrected chi connectivity index (χ1v) is 4.11. The summed E-state index contributed by atoms with van der Waals surface area (Å²) in [5.41, 5.74) is 0. The summed E-state index contributed by atoms with van der Waals surface area (Å²) in [7, 11) is 0. The van der Waals surface area contributed by atoms with Crippen molar-refractivity contribution in [2.45, 2.75) is 13.3 Å². The van der Waals surface area contributed by atoms with Crippen LogP contribution in [0.5, 0.6) is 0 Å². The second kappa shape index (κ2) is 6.85. The molecule has 0 aliphatic carbocycles. The number of nitrogens with one attached hydrogen (secondary N) is 2. The van der Waals surface area contributed by atoms with Crippen molar-refractivity contribution in [1.82, 2.24) is 10.6 Å². The average Bonchev–Trinajstić information content (AvgIpc) is 2.17. The lowest BCUT2D eigenvalue weighted by molar-refractivity contribution is -0.126. The fourth-order valence-electron chi connectivity index (χ4n) is 0.662. The monoisotopic (exact) mass is 198 g/mol. The molecule has 0 bridgehead atoms. The summed E-state index contributed by atoms with van der Waals surface area (Å²) in [6.45, 7) is 8.65. The van der Waals surface area contributed by atoms with Crippen LogP contribution in [0.4, 0.5) is 0 Å². The summed E-state index contributed by atoms with van der Waals surface area (Å²) in [5.74, 6) is -0.847. The van der Waals surface area contributed by atoms with Crippen LogP contribution in [0, 0.1) is 0 Å². The van der Waals surface area contributed by atoms with Crippen molar-refractivity contribution >= 4 is 11.8 Å². The van der Waals surface area contributed by atoms with Crippen molar-refractivity contribution in [3.05, 3.63) is 25.3 Å². The Kier molecular flexibility index (Phi) is 6.06. The third kappa shape index (κ3) is 5.10. The number of carbonyl (C=O) groups excluding carboxylic acids is 2. The van der Waals surface area contributed by atoms with E-state index in [1.165, 1.54) is 0 Å². The van der Waals surface area contributed by atoms with Gasteiger partial charge in [-0.05, 0) is 19.1 Å². The van der Waals surface area contributed by atoms with Crippen LogP contribution in [0.15, 0.2) is 25.3 Å². The number of rotatable bonds is 6. The second-order valence-electron chi connectivity index (χ2n) is 2.26. The zero-order chi connectivity index (χ0) is 11.0. The van der Waals surface area contributed by atoms with Gasteiger partial charge in [0, 0.05) is 6.61 Å². The van der Waals surface area contributed by atoms with Gasteiger partial charge >= 0.3 is 0 Å². The van der Waals surface area contributed by atoms with Gasteiger partial charge in [0.25, 0.3) is 0 Å². The molecule has 0 aliphatic heterocycles. The quantitative estimate of drug-likeness (QED) is 0.463. The lowest BCUT2D eigenvalue weighted by Crippen LogP contribution is -2.48. The number of hydrogen-bond acceptors (Lipinski definition) is 3. The normalized spacial score (nSPS) is 9.29. The zero-order valence-corrected chi connectivity index (χ0v) is 8.08. The van der Waals surface area contributed by atoms with E-state index in [1.54, 1.807) is 6.92 Å². The van der Waals surface area contributed by atoms with Crippen molar-refractivity contribution in [2.75, 3.05) is 6.61 Å². The molecule has 0 aromatic rings. The lowest BCUT2D eigenvalue weighted by Gasteiger charge is -2.17. The summed E-state index contributed by atoms with van der Waals surface area (Å²) < 4.78 is 5.03. The molecule has 0 fully saturated rings. The Morgan fingerprint density at radius 3 is 2.00 bits per heavy atom. The van der Waals surface area contributed by atoms with Crippen molar-refractivity contribution in [3.63, 3.8) is 0 Å². The molecule has 0 atom stereocenters. The van der Waals surface area contributed by atoms with Gasteiger partial charge in [-0.1, -0.05) is 13.2 Å². The van der Waals surface area contributed by atoms with Gasteiger partial charge < -0.3 is 15.4 Å². The standard InChI is InChI=1S/C9H14N2O3/c1-4-7(12)10-9(14-6-3)11-8(13)5-2/h4-5,9H,1-2,6H2,3H3,(H,10,12)(H,11,13). The van der Waals surface area contributed by atoms with Crippen molar-refractivity contribution in [1.29, 1.82) is 0 Å². The summed E-state index contributed by atoms with van der Waals surface area (Å²) in [4.78, 5) is 21.8. The predicted molar refractivity (Wildman–Crippen MR) is 52.1 cm³/mol. The van der Waals surface area contributed by atoms with E-state index in [-0.39, 0.29) is 0 Å². The van der Waals surface area contributed by atoms with Gasteiger partial charge in [0.2, 0.25) is 18.2 Å². The minimum Gasteiger partial charge on any atom is -0.341 e. The van der Waals surface area contributed by atoms with E-state index in [0.717, 1.165) is 12.2 Å². The number of hydrogen-bond donors (Lipinski definition) is 2. The highest BCUT2D eigenvalue weighted by atomic mass is 16.5. The highest BCUT2D eigenvalue weighted by molar-refractivity contribution is 5.89. The lowest BCUT2D eigenvalue weighted by atomic mass is 10.5. The average molecular weight is 198 g/mol. The molecule has 2 amide bonds. The molecule has 0 aliphatic rings. The van der Waals surface area contributed by atoms with Crippen LogP contribution in [0.25, 0.3) is 0 Å². The highest BCUT2D eigenvalue weighted by Gasteiger charge is 2.10. The molecule has 0 unspecified atom stereocenters. The Morgan fingerprint density at radius 1 is 1.29 bits per heavy atom. The molecule has 78 valence electrons. The van der Waals surface area contributed by atoms with Gasteiger partial charge in [-0.25, -0.2) is 0 Å². The molecule has 0 radical (unpaired) electrons. The molecule has 5 nitrogen and oxygen atoms in total. The molecule has 5 heteroatoms. The molecule has 2 N–H and O–H groups in total. The Bertz CT molecular complexity index is 216. The molecule has 0 aromatic carbocycles. The van der Waals surface area contributed by atoms with E-state index in [0.29, 0.717) is 6.61 Å². The Morgan fingerprint density at radius 2 is 1.71 bits per heavy atom. The van der Waals surface area contributed by atoms with Gasteiger partial charge in [-0.3, -0.25) is 9.59 Å². The third-order valence-corrected chi connectivity index (χ3v) is 1.25. The summed E-state index contributed by atoms with van der Waals surface area (Å²) in [5, 5.41) is 4.75. The summed E-state index contributed by atoms with van der Waals surface area (Å²) in [6, 6.07) is 0. The maximum atomic E-state index is 10.9. The molecule has 0 saturated heterocycles. The first-order chi connectivity index (χ1) is 6.63. The maximum absolute atomic E-state index is 10.9. The van der Waals surface area contributed by atoms with Crippen LogP contribution < -0.4 is 10.6 Å². The van der Waals surface area contributed by atoms with E-state index < -0.39 is 18.2 Å². The van der Waals surface area contributed by atoms with Crippen LogP contribution >= 0.6 is 0 Å². The maximum Gasteiger partial charge on any atom is 0.246 e. The van der Waals surface area contributed by atoms with Crippen LogP contribution in [0.2, 0.25) is 0 Å². The Hall–Kier alpha value is -1.62. The van der Waals surface area contributed by atoms with Gasteiger partial charge in [0.05, 0.1) is 0 Å². The minimum absolute atomic E-state index is 0.361. The summed E-state index contributed by atoms with van der Waals surface area (Å²) >= 11 is 0. The second-order valence-corrected chi connectivity index (χ2v) is 2.26. The predicted octanol–water partition coefficient (Wildman–Crippen LogP) is -0.0891. The molecule has 14 heavy (non-hydrogen) atoms. The van der Waals surface area contributed by atoms with Crippen LogP contribution in [-0.4, -0.2) is 24.8 Å². The fraction of sp³-hybridized carbons (Fsp3) is 0.333. The molecule has 0 saturated carbocycles. The van der Waals surface area contributed by atoms with Crippen LogP contribution in [0.1, 0.15) is 6.92 Å². The van der Waals surface area contributed by atoms with Gasteiger partial charge in [0.1, 0.15) is 0 Å². The number of amides is 2. The third-order valence-electron chi connectivity index (χ3n) is 1.25. The van der Waals surface area contributed by atoms with E-state index in [9.17, 15) is 9.59 Å². The Labute approximate surface area is 82.8 Å². The molecule has 0 heterocycles. The number of ether oxygens (including phenoxy) is 1. The van der Waals surface area contributed by atoms with Crippen LogP contribution in [0.3, 0.4) is 0 Å². The fourth-order valence-corrected chi connectivity index (χ4v) is 0.662. The topological polar surface area (TPSA) is 67.4 Å². The number of carbonyl (C=O) groups is 2. The van der Waals surface area contributed by atoms with Crippen molar-refractivity contribution in [2.24, 2.45) is 0 Å². The van der Waals surface area contributed by atoms with E-state index in [1.807, 2.05) is 0 Å². The first kappa shape index (κ1) is 12.4. The van der Waals surface area contributed by atoms with Crippen LogP contribution in [-0.2, 0) is 14.3 Å². The van der Waals surface area contributed by atoms with Gasteiger partial charge in [0.15, 0.2) is 0 Å². The first-order valence-electron chi connectivity index (χ1n) is 4.11. The van der Waals surface area contributed by atoms with E-state index in [2.05, 4.69) is 23.8 Å². The summed E-state index contributed by atoms with van der Waals surface area (Å²) in [6.07, 6.45) is 1.33. The molecule has 0 spiro atoms. The van der Waals surface area contributed by atoms with Crippen molar-refractivity contribution in [3.8, 4) is 0 Å². The van der Waals surface area contributed by atoms with E-state index >= 15 is 0 Å². The van der Waals surface area contributed by atoms with E-state index in [4.69, 9.17) is 4.74 Å². The molecular formula is C9H14N2O3. The van der Waals surface area contributed by atoms with Gasteiger partial charge in [-0.2, -0.15) is 0 Å².